The molecule has 2 fully saturated rings. The fourth-order valence-corrected chi connectivity index (χ4v) is 13.4. The summed E-state index contributed by atoms with van der Waals surface area (Å²) in [5.74, 6) is -0.129. The van der Waals surface area contributed by atoms with Gasteiger partial charge >= 0.3 is 23.9 Å². The standard InChI is InChI=1S/2C29H39NO9/c2*1-27(2,33)8-5-10-29(34,16-23(31)36-4)26(32)39-25-22(35-3)15-28-9-6-11-30(28)12-7-18-13-20-21(38-17-37-20)14-19(18)24(25)28/h2*13-15,24-25,33-34H,5-12,16-17H2,1-4H3/t2*24-,25?,28+,29-/m11/s1. The summed E-state index contributed by atoms with van der Waals surface area (Å²) < 4.78 is 56.2. The minimum Gasteiger partial charge on any atom is -0.497 e. The third kappa shape index (κ3) is 11.1. The second kappa shape index (κ2) is 22.1. The molecule has 0 radical (unpaired) electrons. The van der Waals surface area contributed by atoms with Crippen LogP contribution in [0.25, 0.3) is 0 Å². The predicted octanol–water partition coefficient (Wildman–Crippen LogP) is 5.16. The van der Waals surface area contributed by atoms with E-state index in [9.17, 15) is 39.6 Å². The van der Waals surface area contributed by atoms with Crippen molar-refractivity contribution in [2.75, 3.05) is 68.2 Å². The fourth-order valence-electron chi connectivity index (χ4n) is 13.4. The lowest BCUT2D eigenvalue weighted by molar-refractivity contribution is -0.178. The molecule has 20 heteroatoms. The van der Waals surface area contributed by atoms with E-state index in [0.717, 1.165) is 87.0 Å². The Balaban J connectivity index is 0.000000190. The smallest absolute Gasteiger partial charge is 0.339 e. The number of esters is 4. The largest absolute Gasteiger partial charge is 0.497 e. The number of ether oxygens (including phenoxy) is 10. The molecule has 10 rings (SSSR count). The van der Waals surface area contributed by atoms with E-state index in [1.807, 2.05) is 24.3 Å². The number of aliphatic hydroxyl groups is 4. The van der Waals surface area contributed by atoms with Crippen molar-refractivity contribution >= 4 is 23.9 Å². The van der Waals surface area contributed by atoms with Gasteiger partial charge in [-0.2, -0.15) is 0 Å². The van der Waals surface area contributed by atoms with Crippen molar-refractivity contribution in [3.05, 3.63) is 70.2 Å². The van der Waals surface area contributed by atoms with Crippen molar-refractivity contribution < 1.29 is 87.0 Å². The molecule has 0 bridgehead atoms. The maximum absolute atomic E-state index is 13.8. The van der Waals surface area contributed by atoms with Crippen molar-refractivity contribution in [3.63, 3.8) is 0 Å². The number of carbonyl (C=O) groups is 4. The Morgan fingerprint density at radius 1 is 0.564 bits per heavy atom. The van der Waals surface area contributed by atoms with E-state index in [1.165, 1.54) is 14.2 Å². The first kappa shape index (κ1) is 57.1. The van der Waals surface area contributed by atoms with Crippen LogP contribution in [0.5, 0.6) is 23.0 Å². The molecule has 6 heterocycles. The summed E-state index contributed by atoms with van der Waals surface area (Å²) >= 11 is 0. The van der Waals surface area contributed by atoms with Crippen molar-refractivity contribution in [3.8, 4) is 23.0 Å². The van der Waals surface area contributed by atoms with E-state index in [2.05, 4.69) is 22.0 Å². The maximum atomic E-state index is 13.8. The minimum atomic E-state index is -2.12. The Bertz CT molecular complexity index is 2500. The van der Waals surface area contributed by atoms with E-state index >= 15 is 0 Å². The van der Waals surface area contributed by atoms with Crippen LogP contribution in [0, 0.1) is 0 Å². The number of hydrogen-bond donors (Lipinski definition) is 4. The van der Waals surface area contributed by atoms with Crippen LogP contribution in [0.15, 0.2) is 47.9 Å². The summed E-state index contributed by atoms with van der Waals surface area (Å²) in [6.45, 7) is 10.4. The monoisotopic (exact) mass is 1090 g/mol. The van der Waals surface area contributed by atoms with Gasteiger partial charge in [-0.15, -0.1) is 0 Å². The van der Waals surface area contributed by atoms with Crippen molar-refractivity contribution in [2.24, 2.45) is 0 Å². The highest BCUT2D eigenvalue weighted by Gasteiger charge is 2.61. The van der Waals surface area contributed by atoms with Crippen molar-refractivity contribution in [2.45, 2.75) is 175 Å². The van der Waals surface area contributed by atoms with Crippen LogP contribution < -0.4 is 18.9 Å². The van der Waals surface area contributed by atoms with E-state index in [1.54, 1.807) is 41.9 Å². The average Bonchev–Trinajstić information content (AvgIpc) is 4.29. The molecule has 8 atom stereocenters. The Morgan fingerprint density at radius 2 is 0.936 bits per heavy atom. The average molecular weight is 1090 g/mol. The molecule has 0 amide bonds. The molecule has 428 valence electrons. The van der Waals surface area contributed by atoms with Gasteiger partial charge in [-0.3, -0.25) is 19.4 Å². The summed E-state index contributed by atoms with van der Waals surface area (Å²) in [4.78, 5) is 56.8. The van der Waals surface area contributed by atoms with Crippen LogP contribution in [-0.2, 0) is 60.4 Å². The van der Waals surface area contributed by atoms with Gasteiger partial charge in [0.2, 0.25) is 13.6 Å². The third-order valence-corrected chi connectivity index (χ3v) is 17.2. The molecule has 2 unspecified atom stereocenters. The number of fused-ring (bicyclic) bond motifs is 6. The summed E-state index contributed by atoms with van der Waals surface area (Å²) in [7, 11) is 5.52. The Hall–Kier alpha value is -5.64. The lowest BCUT2D eigenvalue weighted by atomic mass is 9.77. The van der Waals surface area contributed by atoms with Gasteiger partial charge in [-0.25, -0.2) is 9.59 Å². The van der Waals surface area contributed by atoms with Crippen molar-refractivity contribution in [1.29, 1.82) is 0 Å². The molecule has 0 aromatic heterocycles. The molecule has 20 nitrogen and oxygen atoms in total. The van der Waals surface area contributed by atoms with E-state index in [-0.39, 0.29) is 38.3 Å². The molecule has 78 heavy (non-hydrogen) atoms. The van der Waals surface area contributed by atoms with Gasteiger partial charge in [0.15, 0.2) is 46.4 Å². The van der Waals surface area contributed by atoms with Crippen molar-refractivity contribution in [1.82, 2.24) is 9.80 Å². The predicted molar refractivity (Wildman–Crippen MR) is 279 cm³/mol. The lowest BCUT2D eigenvalue weighted by Gasteiger charge is -2.39. The van der Waals surface area contributed by atoms with E-state index < -0.39 is 82.4 Å². The Labute approximate surface area is 455 Å². The molecule has 2 aromatic carbocycles. The molecule has 8 aliphatic rings. The van der Waals surface area contributed by atoms with Gasteiger partial charge in [-0.05, 0) is 177 Å². The summed E-state index contributed by atoms with van der Waals surface area (Å²) in [5.41, 5.74) is -2.85. The lowest BCUT2D eigenvalue weighted by Crippen LogP contribution is -2.49. The molecule has 2 aliphatic carbocycles. The van der Waals surface area contributed by atoms with E-state index in [4.69, 9.17) is 47.4 Å². The van der Waals surface area contributed by atoms with Crippen LogP contribution in [0.4, 0.5) is 0 Å². The topological polar surface area (TPSA) is 248 Å². The number of benzene rings is 2. The molecular formula is C58H78N2O18. The van der Waals surface area contributed by atoms with Gasteiger partial charge in [0.25, 0.3) is 0 Å². The maximum Gasteiger partial charge on any atom is 0.339 e. The van der Waals surface area contributed by atoms with Crippen LogP contribution in [0.1, 0.15) is 139 Å². The first-order chi connectivity index (χ1) is 37.0. The highest BCUT2D eigenvalue weighted by Crippen LogP contribution is 2.58. The van der Waals surface area contributed by atoms with Crippen LogP contribution in [0.2, 0.25) is 0 Å². The van der Waals surface area contributed by atoms with Gasteiger partial charge in [0.05, 0.1) is 75.4 Å². The fraction of sp³-hybridized carbons (Fsp3) is 0.655. The first-order valence-electron chi connectivity index (χ1n) is 27.3. The number of methoxy groups -OCH3 is 4. The van der Waals surface area contributed by atoms with Gasteiger partial charge < -0.3 is 67.8 Å². The zero-order valence-corrected chi connectivity index (χ0v) is 46.3. The SMILES string of the molecule is COC(=O)C[C@](O)(CCCC(C)(C)O)C(=O)OC1C(OC)=C[C@]23CCCN2CCc2cc4c(cc2[C@H]13)OCO4.COC(=O)C[C@](O)(CCCC(C)(C)O)C(=O)OC1C(OC)=C[C@]23CCCN2CCc2cc4c(cc2[C@H]13)OCO4. The molecule has 4 N–H and O–H groups in total. The molecular weight excluding hydrogens is 1010 g/mol. The van der Waals surface area contributed by atoms with E-state index in [0.29, 0.717) is 60.2 Å². The highest BCUT2D eigenvalue weighted by molar-refractivity contribution is 5.87. The first-order valence-corrected chi connectivity index (χ1v) is 27.3. The summed E-state index contributed by atoms with van der Waals surface area (Å²) in [6, 6.07) is 8.01. The summed E-state index contributed by atoms with van der Waals surface area (Å²) in [5, 5.41) is 43.3. The Morgan fingerprint density at radius 3 is 1.28 bits per heavy atom. The molecule has 2 aromatic rings. The normalized spacial score (nSPS) is 27.0. The highest BCUT2D eigenvalue weighted by atomic mass is 16.7. The molecule has 6 aliphatic heterocycles. The second-order valence-electron chi connectivity index (χ2n) is 23.5. The van der Waals surface area contributed by atoms with Gasteiger partial charge in [0.1, 0.15) is 11.5 Å². The molecule has 2 spiro atoms. The summed E-state index contributed by atoms with van der Waals surface area (Å²) in [6.07, 6.45) is 7.88. The zero-order valence-electron chi connectivity index (χ0n) is 46.3. The number of rotatable bonds is 18. The number of carbonyl (C=O) groups excluding carboxylic acids is 4. The van der Waals surface area contributed by atoms with Crippen LogP contribution >= 0.6 is 0 Å². The second-order valence-corrected chi connectivity index (χ2v) is 23.5. The minimum absolute atomic E-state index is 0.0686. The van der Waals surface area contributed by atoms with Crippen LogP contribution in [0.3, 0.4) is 0 Å². The molecule has 0 saturated carbocycles. The number of nitrogens with zero attached hydrogens (tertiary/aromatic N) is 2. The van der Waals surface area contributed by atoms with Crippen LogP contribution in [-0.4, -0.2) is 168 Å². The van der Waals surface area contributed by atoms with Gasteiger partial charge in [-0.1, -0.05) is 0 Å². The quantitative estimate of drug-likeness (QED) is 0.111. The van der Waals surface area contributed by atoms with Gasteiger partial charge in [0, 0.05) is 13.1 Å². The zero-order chi connectivity index (χ0) is 56.0. The molecule has 2 saturated heterocycles. The number of hydrogen-bond acceptors (Lipinski definition) is 20. The third-order valence-electron chi connectivity index (χ3n) is 17.2. The Kier molecular flexibility index (Phi) is 16.2.